The molecule has 0 spiro atoms. The fourth-order valence-corrected chi connectivity index (χ4v) is 3.93. The zero-order valence-electron chi connectivity index (χ0n) is 18.6. The van der Waals surface area contributed by atoms with E-state index in [1.165, 1.54) is 19.1 Å². The van der Waals surface area contributed by atoms with Crippen LogP contribution in [0.25, 0.3) is 16.7 Å². The first kappa shape index (κ1) is 25.2. The molecule has 13 heteroatoms. The van der Waals surface area contributed by atoms with Gasteiger partial charge in [0.2, 0.25) is 11.3 Å². The third-order valence-electron chi connectivity index (χ3n) is 5.74. The van der Waals surface area contributed by atoms with Gasteiger partial charge in [-0.15, -0.1) is 0 Å². The molecule has 3 heterocycles. The van der Waals surface area contributed by atoms with E-state index in [9.17, 15) is 41.4 Å². The largest absolute Gasteiger partial charge is 0.408 e. The van der Waals surface area contributed by atoms with Crippen molar-refractivity contribution in [3.05, 3.63) is 63.9 Å². The molecule has 4 rings (SSSR count). The monoisotopic (exact) mass is 510 g/mol. The maximum Gasteiger partial charge on any atom is 0.408 e. The molecule has 0 aliphatic carbocycles. The van der Waals surface area contributed by atoms with Crippen LogP contribution in [0.4, 0.5) is 27.8 Å². The molecule has 8 nitrogen and oxygen atoms in total. The Morgan fingerprint density at radius 1 is 1.22 bits per heavy atom. The van der Waals surface area contributed by atoms with Crippen LogP contribution in [0.1, 0.15) is 30.1 Å². The number of nitrogens with zero attached hydrogens (tertiary/aromatic N) is 3. The van der Waals surface area contributed by atoms with E-state index in [2.05, 4.69) is 4.98 Å². The van der Waals surface area contributed by atoms with E-state index in [-0.39, 0.29) is 35.5 Å². The molecule has 0 radical (unpaired) electrons. The molecule has 1 aliphatic heterocycles. The Morgan fingerprint density at radius 3 is 2.53 bits per heavy atom. The van der Waals surface area contributed by atoms with Gasteiger partial charge in [-0.1, -0.05) is 6.92 Å². The number of alkyl halides is 3. The molecule has 1 aliphatic rings. The highest BCUT2D eigenvalue weighted by Gasteiger charge is 2.40. The summed E-state index contributed by atoms with van der Waals surface area (Å²) < 4.78 is 68.8. The summed E-state index contributed by atoms with van der Waals surface area (Å²) in [7, 11) is 0. The van der Waals surface area contributed by atoms with Gasteiger partial charge < -0.3 is 10.4 Å². The average Bonchev–Trinajstić information content (AvgIpc) is 3.14. The van der Waals surface area contributed by atoms with Crippen LogP contribution < -0.4 is 15.6 Å². The molecule has 190 valence electrons. The summed E-state index contributed by atoms with van der Waals surface area (Å²) in [5, 5.41) is 11.3. The van der Waals surface area contributed by atoms with E-state index in [0.29, 0.717) is 6.07 Å². The number of aliphatic hydroxyl groups is 1. The summed E-state index contributed by atoms with van der Waals surface area (Å²) in [6.07, 6.45) is -5.55. The van der Waals surface area contributed by atoms with E-state index >= 15 is 0 Å². The van der Waals surface area contributed by atoms with E-state index in [4.69, 9.17) is 0 Å². The molecule has 1 aromatic carbocycles. The molecule has 1 fully saturated rings. The van der Waals surface area contributed by atoms with Gasteiger partial charge in [-0.3, -0.25) is 23.9 Å². The Hall–Kier alpha value is -3.87. The van der Waals surface area contributed by atoms with Crippen molar-refractivity contribution in [1.29, 1.82) is 0 Å². The fraction of sp³-hybridized carbons (Fsp3) is 0.304. The van der Waals surface area contributed by atoms with Gasteiger partial charge >= 0.3 is 6.18 Å². The number of halogens is 5. The Morgan fingerprint density at radius 2 is 1.94 bits per heavy atom. The summed E-state index contributed by atoms with van der Waals surface area (Å²) in [5.41, 5.74) is -2.30. The van der Waals surface area contributed by atoms with Crippen LogP contribution in [-0.2, 0) is 4.79 Å². The van der Waals surface area contributed by atoms with Gasteiger partial charge in [0.15, 0.2) is 5.65 Å². The van der Waals surface area contributed by atoms with E-state index in [0.717, 1.165) is 27.8 Å². The SMILES string of the molecule is CCC(NC(=O)c1cn(-c2ccc(F)cc2F)c2nc(N3C[C@@H](O)CC3=O)ccc2c1=O)C(F)(F)F. The maximum absolute atomic E-state index is 14.7. The number of hydrogen-bond acceptors (Lipinski definition) is 5. The standard InChI is InChI=1S/C23H19F5N4O4/c1-2-17(23(26,27)28)29-22(36)14-10-31(16-5-3-11(24)7-15(16)25)21-13(20(14)35)4-6-18(30-21)32-9-12(33)8-19(32)34/h3-7,10,12,17,33H,2,8-9H2,1H3,(H,29,36)/t12-,17?/m0/s1. The first-order valence-electron chi connectivity index (χ1n) is 10.8. The molecule has 0 bridgehead atoms. The van der Waals surface area contributed by atoms with Gasteiger partial charge in [-0.2, -0.15) is 13.2 Å². The predicted molar refractivity (Wildman–Crippen MR) is 118 cm³/mol. The molecule has 1 saturated heterocycles. The summed E-state index contributed by atoms with van der Waals surface area (Å²) in [6.45, 7) is 1.12. The minimum atomic E-state index is -4.77. The Kier molecular flexibility index (Phi) is 6.52. The number of benzene rings is 1. The molecule has 2 aromatic heterocycles. The van der Waals surface area contributed by atoms with Gasteiger partial charge in [0.1, 0.15) is 29.1 Å². The number of aromatic nitrogens is 2. The zero-order valence-corrected chi connectivity index (χ0v) is 18.6. The molecule has 0 saturated carbocycles. The highest BCUT2D eigenvalue weighted by molar-refractivity contribution is 5.99. The third-order valence-corrected chi connectivity index (χ3v) is 5.74. The summed E-state index contributed by atoms with van der Waals surface area (Å²) in [4.78, 5) is 43.4. The summed E-state index contributed by atoms with van der Waals surface area (Å²) in [6, 6.07) is 2.66. The maximum atomic E-state index is 14.7. The number of hydrogen-bond donors (Lipinski definition) is 2. The van der Waals surface area contributed by atoms with E-state index in [1.54, 1.807) is 5.32 Å². The first-order chi connectivity index (χ1) is 16.9. The number of aliphatic hydroxyl groups excluding tert-OH is 1. The van der Waals surface area contributed by atoms with Crippen LogP contribution in [-0.4, -0.2) is 51.3 Å². The molecule has 3 aromatic rings. The molecular formula is C23H19F5N4O4. The molecular weight excluding hydrogens is 491 g/mol. The number of anilines is 1. The van der Waals surface area contributed by atoms with Crippen molar-refractivity contribution in [3.8, 4) is 5.69 Å². The van der Waals surface area contributed by atoms with E-state index < -0.39 is 59.2 Å². The minimum absolute atomic E-state index is 0.0139. The Balaban J connectivity index is 1.92. The highest BCUT2D eigenvalue weighted by Crippen LogP contribution is 2.26. The second-order valence-corrected chi connectivity index (χ2v) is 8.22. The smallest absolute Gasteiger partial charge is 0.391 e. The number of β-amino-alcohol motifs (C(OH)–C–C–N with tert-alkyl or cyclic N) is 1. The van der Waals surface area contributed by atoms with Crippen molar-refractivity contribution in [3.63, 3.8) is 0 Å². The van der Waals surface area contributed by atoms with Crippen molar-refractivity contribution < 1.29 is 36.6 Å². The van der Waals surface area contributed by atoms with Crippen molar-refractivity contribution >= 4 is 28.7 Å². The lowest BCUT2D eigenvalue weighted by Gasteiger charge is -2.21. The molecule has 2 atom stereocenters. The molecule has 36 heavy (non-hydrogen) atoms. The number of pyridine rings is 2. The number of fused-ring (bicyclic) bond motifs is 1. The number of nitrogens with one attached hydrogen (secondary N) is 1. The minimum Gasteiger partial charge on any atom is -0.391 e. The van der Waals surface area contributed by atoms with Crippen LogP contribution in [0, 0.1) is 11.6 Å². The summed E-state index contributed by atoms with van der Waals surface area (Å²) >= 11 is 0. The molecule has 2 N–H and O–H groups in total. The number of rotatable bonds is 5. The van der Waals surface area contributed by atoms with Crippen molar-refractivity contribution in [1.82, 2.24) is 14.9 Å². The third kappa shape index (κ3) is 4.65. The van der Waals surface area contributed by atoms with Crippen LogP contribution in [0.15, 0.2) is 41.3 Å². The van der Waals surface area contributed by atoms with Gasteiger partial charge in [-0.05, 0) is 30.7 Å². The second-order valence-electron chi connectivity index (χ2n) is 8.22. The van der Waals surface area contributed by atoms with Crippen LogP contribution in [0.3, 0.4) is 0 Å². The van der Waals surface area contributed by atoms with Crippen molar-refractivity contribution in [2.75, 3.05) is 11.4 Å². The van der Waals surface area contributed by atoms with Gasteiger partial charge in [0.05, 0.1) is 30.1 Å². The first-order valence-corrected chi connectivity index (χ1v) is 10.8. The lowest BCUT2D eigenvalue weighted by Crippen LogP contribution is -2.46. The number of amides is 2. The van der Waals surface area contributed by atoms with Crippen molar-refractivity contribution in [2.45, 2.75) is 38.1 Å². The normalized spacial score (nSPS) is 17.0. The zero-order chi connectivity index (χ0) is 26.4. The van der Waals surface area contributed by atoms with E-state index in [1.807, 2.05) is 0 Å². The quantitative estimate of drug-likeness (QED) is 0.514. The van der Waals surface area contributed by atoms with Crippen molar-refractivity contribution in [2.24, 2.45) is 0 Å². The van der Waals surface area contributed by atoms with Crippen LogP contribution in [0.2, 0.25) is 0 Å². The fourth-order valence-electron chi connectivity index (χ4n) is 3.93. The van der Waals surface area contributed by atoms with Gasteiger partial charge in [-0.25, -0.2) is 13.8 Å². The van der Waals surface area contributed by atoms with Crippen LogP contribution in [0.5, 0.6) is 0 Å². The average molecular weight is 510 g/mol. The summed E-state index contributed by atoms with van der Waals surface area (Å²) in [5.74, 6) is -3.80. The highest BCUT2D eigenvalue weighted by atomic mass is 19.4. The number of carbonyl (C=O) groups excluding carboxylic acids is 2. The van der Waals surface area contributed by atoms with Gasteiger partial charge in [0.25, 0.3) is 5.91 Å². The molecule has 1 unspecified atom stereocenters. The predicted octanol–water partition coefficient (Wildman–Crippen LogP) is 2.83. The Labute approximate surface area is 200 Å². The molecule has 2 amide bonds. The lowest BCUT2D eigenvalue weighted by atomic mass is 10.1. The topological polar surface area (TPSA) is 105 Å². The Bertz CT molecular complexity index is 1420. The lowest BCUT2D eigenvalue weighted by molar-refractivity contribution is -0.153. The number of carbonyl (C=O) groups is 2. The van der Waals surface area contributed by atoms with Gasteiger partial charge in [0, 0.05) is 12.3 Å². The second kappa shape index (κ2) is 9.30. The van der Waals surface area contributed by atoms with Crippen LogP contribution >= 0.6 is 0 Å².